The normalized spacial score (nSPS) is 9.91. The number of carboxylic acids is 1. The Kier molecular flexibility index (Phi) is 13.5. The predicted octanol–water partition coefficient (Wildman–Crippen LogP) is 5.23. The Labute approximate surface area is 189 Å². The molecule has 0 fully saturated rings. The zero-order valence-electron chi connectivity index (χ0n) is 18.1. The van der Waals surface area contributed by atoms with Gasteiger partial charge < -0.3 is 15.6 Å². The number of hydrogen-bond donors (Lipinski definition) is 2. The summed E-state index contributed by atoms with van der Waals surface area (Å²) in [5, 5.41) is 8.29. The topological polar surface area (TPSA) is 89.6 Å². The monoisotopic (exact) mass is 431 g/mol. The lowest BCUT2D eigenvalue weighted by Crippen LogP contribution is -1.85. The van der Waals surface area contributed by atoms with Gasteiger partial charge in [-0.15, -0.1) is 0 Å². The van der Waals surface area contributed by atoms with Gasteiger partial charge >= 0.3 is 5.97 Å². The lowest BCUT2D eigenvalue weighted by molar-refractivity contribution is -0.131. The summed E-state index contributed by atoms with van der Waals surface area (Å²) < 4.78 is 5.14. The fourth-order valence-electron chi connectivity index (χ4n) is 2.56. The van der Waals surface area contributed by atoms with E-state index in [9.17, 15) is 4.79 Å². The number of rotatable bonds is 7. The van der Waals surface area contributed by atoms with Crippen molar-refractivity contribution in [2.24, 2.45) is 5.73 Å². The molecule has 3 rings (SSSR count). The molecular weight excluding hydrogens is 402 g/mol. The third kappa shape index (κ3) is 12.4. The molecule has 0 spiro atoms. The quantitative estimate of drug-likeness (QED) is 0.396. The second-order valence-corrected chi connectivity index (χ2v) is 6.42. The van der Waals surface area contributed by atoms with Crippen molar-refractivity contribution in [1.29, 1.82) is 0 Å². The second-order valence-electron chi connectivity index (χ2n) is 6.42. The number of methoxy groups -OCH3 is 1. The van der Waals surface area contributed by atoms with Crippen LogP contribution in [0.3, 0.4) is 0 Å². The summed E-state index contributed by atoms with van der Waals surface area (Å²) in [7, 11) is 1.69. The average Bonchev–Trinajstić information content (AvgIpc) is 2.83. The van der Waals surface area contributed by atoms with Crippen LogP contribution in [0.5, 0.6) is 5.75 Å². The lowest BCUT2D eigenvalue weighted by Gasteiger charge is -2.01. The highest BCUT2D eigenvalue weighted by atomic mass is 16.5. The number of aliphatic carboxylic acids is 1. The molecule has 0 heterocycles. The average molecular weight is 432 g/mol. The Morgan fingerprint density at radius 1 is 0.875 bits per heavy atom. The number of carbonyl (C=O) groups excluding carboxylic acids is 1. The van der Waals surface area contributed by atoms with Crippen LogP contribution in [0.15, 0.2) is 97.1 Å². The molecule has 3 aromatic rings. The zero-order valence-corrected chi connectivity index (χ0v) is 18.1. The Hall–Kier alpha value is -4.12. The summed E-state index contributed by atoms with van der Waals surface area (Å²) in [5.41, 5.74) is 7.66. The Morgan fingerprint density at radius 3 is 1.84 bits per heavy atom. The zero-order chi connectivity index (χ0) is 23.4. The van der Waals surface area contributed by atoms with Crippen LogP contribution >= 0.6 is 0 Å². The maximum atomic E-state index is 10.1. The van der Waals surface area contributed by atoms with E-state index >= 15 is 0 Å². The number of hydrogen-bond acceptors (Lipinski definition) is 3. The van der Waals surface area contributed by atoms with Gasteiger partial charge in [0.25, 0.3) is 0 Å². The van der Waals surface area contributed by atoms with Gasteiger partial charge in [-0.1, -0.05) is 84.9 Å². The van der Waals surface area contributed by atoms with E-state index < -0.39 is 5.97 Å². The van der Waals surface area contributed by atoms with Gasteiger partial charge in [0.2, 0.25) is 6.41 Å². The van der Waals surface area contributed by atoms with Crippen LogP contribution in [0.25, 0.3) is 12.2 Å². The molecule has 0 radical (unpaired) electrons. The fraction of sp³-hybridized carbons (Fsp3) is 0.111. The number of allylic oxidation sites excluding steroid dienone is 1. The highest BCUT2D eigenvalue weighted by Crippen LogP contribution is 2.13. The molecule has 1 amide bonds. The molecule has 3 N–H and O–H groups in total. The van der Waals surface area contributed by atoms with Gasteiger partial charge in [0.15, 0.2) is 0 Å². The third-order valence-electron chi connectivity index (χ3n) is 4.09. The van der Waals surface area contributed by atoms with Gasteiger partial charge in [-0.3, -0.25) is 4.79 Å². The summed E-state index contributed by atoms with van der Waals surface area (Å²) in [4.78, 5) is 18.7. The van der Waals surface area contributed by atoms with Crippen LogP contribution < -0.4 is 10.5 Å². The molecule has 0 aromatic heterocycles. The number of carbonyl (C=O) groups is 2. The van der Waals surface area contributed by atoms with Gasteiger partial charge in [0.1, 0.15) is 5.75 Å². The molecule has 5 heteroatoms. The Balaban J connectivity index is 0.000000312. The van der Waals surface area contributed by atoms with E-state index in [2.05, 4.69) is 54.3 Å². The molecule has 0 unspecified atom stereocenters. The summed E-state index contributed by atoms with van der Waals surface area (Å²) in [6, 6.07) is 28.0. The first kappa shape index (κ1) is 25.9. The van der Waals surface area contributed by atoms with Crippen molar-refractivity contribution >= 4 is 24.5 Å². The number of nitrogens with two attached hydrogens (primary N) is 1. The van der Waals surface area contributed by atoms with E-state index in [0.717, 1.165) is 30.2 Å². The molecule has 5 nitrogen and oxygen atoms in total. The molecule has 0 bridgehead atoms. The second kappa shape index (κ2) is 16.7. The molecule has 166 valence electrons. The molecule has 0 saturated carbocycles. The standard InChI is InChI=1S/C17H18O.C9H8O2.CH3NO/c1-18-17-13-11-16(12-14-17)10-6-5-9-15-7-3-2-4-8-15;10-9(11)7-6-8-4-2-1-3-5-8;2-1-3/h2-5,7-9,11-14H,6,10H2,1H3;1-7H,(H,10,11);1H,(H2,2,3)/b9-5+;7-6+;. The number of aryl methyl sites for hydroxylation is 1. The van der Waals surface area contributed by atoms with Crippen LogP contribution in [0.2, 0.25) is 0 Å². The first-order valence-corrected chi connectivity index (χ1v) is 10.0. The van der Waals surface area contributed by atoms with Gasteiger partial charge in [-0.2, -0.15) is 0 Å². The molecule has 3 aromatic carbocycles. The maximum absolute atomic E-state index is 10.1. The van der Waals surface area contributed by atoms with E-state index in [1.54, 1.807) is 13.2 Å². The van der Waals surface area contributed by atoms with E-state index in [1.165, 1.54) is 11.1 Å². The minimum atomic E-state index is -0.922. The molecule has 0 atom stereocenters. The smallest absolute Gasteiger partial charge is 0.328 e. The summed E-state index contributed by atoms with van der Waals surface area (Å²) in [6.07, 6.45) is 9.44. The van der Waals surface area contributed by atoms with E-state index in [4.69, 9.17) is 14.6 Å². The van der Waals surface area contributed by atoms with Crippen molar-refractivity contribution in [2.75, 3.05) is 7.11 Å². The van der Waals surface area contributed by atoms with Crippen LogP contribution in [0, 0.1) is 0 Å². The number of primary amides is 1. The molecule has 0 aliphatic rings. The Bertz CT molecular complexity index is 950. The van der Waals surface area contributed by atoms with Crippen LogP contribution in [0.1, 0.15) is 23.1 Å². The van der Waals surface area contributed by atoms with E-state index in [0.29, 0.717) is 0 Å². The van der Waals surface area contributed by atoms with Crippen molar-refractivity contribution in [3.8, 4) is 5.75 Å². The van der Waals surface area contributed by atoms with Gasteiger partial charge in [0.05, 0.1) is 7.11 Å². The van der Waals surface area contributed by atoms with Crippen molar-refractivity contribution in [1.82, 2.24) is 0 Å². The molecule has 0 aliphatic carbocycles. The highest BCUT2D eigenvalue weighted by Gasteiger charge is 1.93. The number of carboxylic acid groups (broad SMARTS) is 1. The number of benzene rings is 3. The summed E-state index contributed by atoms with van der Waals surface area (Å²) in [6.45, 7) is 0. The minimum Gasteiger partial charge on any atom is -0.497 e. The van der Waals surface area contributed by atoms with E-state index in [1.807, 2.05) is 48.5 Å². The highest BCUT2D eigenvalue weighted by molar-refractivity contribution is 5.85. The first-order valence-electron chi connectivity index (χ1n) is 10.0. The van der Waals surface area contributed by atoms with Crippen LogP contribution in [-0.2, 0) is 16.0 Å². The first-order chi connectivity index (χ1) is 15.6. The third-order valence-corrected chi connectivity index (χ3v) is 4.09. The summed E-state index contributed by atoms with van der Waals surface area (Å²) in [5.74, 6) is -0.00701. The molecular formula is C27H29NO4. The molecule has 32 heavy (non-hydrogen) atoms. The van der Waals surface area contributed by atoms with Gasteiger partial charge in [0, 0.05) is 6.08 Å². The van der Waals surface area contributed by atoms with E-state index in [-0.39, 0.29) is 6.41 Å². The lowest BCUT2D eigenvalue weighted by atomic mass is 10.1. The number of ether oxygens (including phenoxy) is 1. The van der Waals surface area contributed by atoms with Crippen molar-refractivity contribution < 1.29 is 19.4 Å². The van der Waals surface area contributed by atoms with Crippen LogP contribution in [-0.4, -0.2) is 24.6 Å². The fourth-order valence-corrected chi connectivity index (χ4v) is 2.56. The molecule has 0 aliphatic heterocycles. The minimum absolute atomic E-state index is 0.250. The SMILES string of the molecule is COc1ccc(CC/C=C/c2ccccc2)cc1.NC=O.O=C(O)/C=C/c1ccccc1. The van der Waals surface area contributed by atoms with Crippen molar-refractivity contribution in [3.05, 3.63) is 114 Å². The predicted molar refractivity (Wildman–Crippen MR) is 130 cm³/mol. The van der Waals surface area contributed by atoms with Gasteiger partial charge in [-0.05, 0) is 47.7 Å². The maximum Gasteiger partial charge on any atom is 0.328 e. The molecule has 0 saturated heterocycles. The largest absolute Gasteiger partial charge is 0.497 e. The number of amides is 1. The summed E-state index contributed by atoms with van der Waals surface area (Å²) >= 11 is 0. The Morgan fingerprint density at radius 2 is 1.38 bits per heavy atom. The van der Waals surface area contributed by atoms with Crippen LogP contribution in [0.4, 0.5) is 0 Å². The van der Waals surface area contributed by atoms with Crippen molar-refractivity contribution in [3.63, 3.8) is 0 Å². The van der Waals surface area contributed by atoms with Gasteiger partial charge in [-0.25, -0.2) is 4.79 Å². The van der Waals surface area contributed by atoms with Crippen molar-refractivity contribution in [2.45, 2.75) is 12.8 Å².